The molecule has 0 aliphatic heterocycles. The molecule has 0 saturated carbocycles. The van der Waals surface area contributed by atoms with Crippen molar-refractivity contribution in [2.24, 2.45) is 0 Å². The fourth-order valence-electron chi connectivity index (χ4n) is 3.61. The van der Waals surface area contributed by atoms with Gasteiger partial charge in [-0.15, -0.1) is 0 Å². The minimum Gasteiger partial charge on any atom is -0.251 e. The summed E-state index contributed by atoms with van der Waals surface area (Å²) in [4.78, 5) is 0. The Morgan fingerprint density at radius 1 is 0.469 bits per heavy atom. The predicted molar refractivity (Wildman–Crippen MR) is 146 cm³/mol. The Morgan fingerprint density at radius 2 is 0.688 bits per heavy atom. The summed E-state index contributed by atoms with van der Waals surface area (Å²) in [5.41, 5.74) is 0. The summed E-state index contributed by atoms with van der Waals surface area (Å²) >= 11 is -0.106. The summed E-state index contributed by atoms with van der Waals surface area (Å²) in [6.07, 6.45) is 2.07. The topological polar surface area (TPSA) is 12.0 Å². The molecule has 0 unspecified atom stereocenters. The Morgan fingerprint density at radius 3 is 0.906 bits per heavy atom. The molecule has 0 fully saturated rings. The molecule has 0 aromatic heterocycles. The third-order valence-corrected chi connectivity index (χ3v) is 10.4. The maximum Gasteiger partial charge on any atom is 0.119 e. The van der Waals surface area contributed by atoms with Gasteiger partial charge in [0, 0.05) is 0 Å². The maximum absolute atomic E-state index is 4.81. The number of benzene rings is 4. The van der Waals surface area contributed by atoms with Gasteiger partial charge in [-0.2, -0.15) is 0 Å². The van der Waals surface area contributed by atoms with E-state index in [-0.39, 0.29) is 15.9 Å². The molecule has 0 radical (unpaired) electrons. The number of hydrogen-bond acceptors (Lipinski definition) is 1. The van der Waals surface area contributed by atoms with Gasteiger partial charge in [-0.3, -0.25) is 5.32 Å². The van der Waals surface area contributed by atoms with Gasteiger partial charge in [0.2, 0.25) is 0 Å². The van der Waals surface area contributed by atoms with Crippen molar-refractivity contribution in [3.63, 3.8) is 0 Å². The number of nitrogens with one attached hydrogen (secondary N) is 1. The first-order valence-corrected chi connectivity index (χ1v) is 17.7. The van der Waals surface area contributed by atoms with Crippen LogP contribution >= 0.6 is 34.9 Å². The molecule has 32 heavy (non-hydrogen) atoms. The van der Waals surface area contributed by atoms with Crippen LogP contribution in [0.1, 0.15) is 0 Å². The van der Waals surface area contributed by atoms with Crippen molar-refractivity contribution >= 4 is 56.1 Å². The first-order valence-electron chi connectivity index (χ1n) is 10.3. The van der Waals surface area contributed by atoms with Gasteiger partial charge in [-0.05, 0) is 48.5 Å². The van der Waals surface area contributed by atoms with E-state index < -0.39 is 15.8 Å². The molecule has 0 amide bonds. The Balaban J connectivity index is 0.000000913. The van der Waals surface area contributed by atoms with E-state index in [2.05, 4.69) is 127 Å². The zero-order chi connectivity index (χ0) is 22.4. The summed E-state index contributed by atoms with van der Waals surface area (Å²) in [6.45, 7) is 0. The standard InChI is InChI=1S/C26H25NP2.2ClH.Pd/c1-5-13-23(14-6-1)28(24-15-7-2-8-16-24)21-27-22-29(25-17-9-3-10-18-25)26-19-11-4-12-20-26;;;/h1-20,27H,21-22H2;2*1H;/q;;;+2. The van der Waals surface area contributed by atoms with Crippen LogP contribution in [-0.2, 0) is 15.9 Å². The van der Waals surface area contributed by atoms with Crippen LogP contribution in [0.2, 0.25) is 0 Å². The molecule has 1 N–H and O–H groups in total. The van der Waals surface area contributed by atoms with Crippen LogP contribution in [0.3, 0.4) is 0 Å². The average molecular weight is 593 g/mol. The summed E-state index contributed by atoms with van der Waals surface area (Å²) in [5, 5.41) is 9.72. The normalized spacial score (nSPS) is 10.8. The first kappa shape index (κ1) is 25.6. The van der Waals surface area contributed by atoms with E-state index >= 15 is 0 Å². The zero-order valence-electron chi connectivity index (χ0n) is 17.5. The molecule has 0 aliphatic rings. The average Bonchev–Trinajstić information content (AvgIpc) is 2.87. The largest absolute Gasteiger partial charge is 0.251 e. The monoisotopic (exact) mass is 591 g/mol. The van der Waals surface area contributed by atoms with Gasteiger partial charge < -0.3 is 0 Å². The van der Waals surface area contributed by atoms with Crippen molar-refractivity contribution in [3.05, 3.63) is 121 Å². The molecule has 0 saturated heterocycles. The number of halogens is 2. The Labute approximate surface area is 210 Å². The van der Waals surface area contributed by atoms with Crippen molar-refractivity contribution in [2.75, 3.05) is 12.6 Å². The van der Waals surface area contributed by atoms with Crippen LogP contribution < -0.4 is 26.5 Å². The maximum atomic E-state index is 4.81. The third-order valence-electron chi connectivity index (χ3n) is 5.09. The van der Waals surface area contributed by atoms with E-state index in [1.807, 2.05) is 0 Å². The quantitative estimate of drug-likeness (QED) is 0.208. The molecule has 4 aromatic carbocycles. The second-order valence-corrected chi connectivity index (χ2v) is 14.4. The first-order chi connectivity index (χ1) is 15.8. The van der Waals surface area contributed by atoms with E-state index in [4.69, 9.17) is 19.1 Å². The second-order valence-electron chi connectivity index (χ2n) is 7.07. The van der Waals surface area contributed by atoms with Crippen LogP contribution in [0.15, 0.2) is 121 Å². The Hall–Kier alpha value is -1.06. The molecule has 0 atom stereocenters. The SMILES string of the molecule is [Cl][Pd][Cl].c1ccc([PH+](CNC[PH+](c2ccccc2)c2ccccc2)c2ccccc2)cc1. The smallest absolute Gasteiger partial charge is 0.119 e. The fraction of sp³-hybridized carbons (Fsp3) is 0.0769. The van der Waals surface area contributed by atoms with Crippen molar-refractivity contribution in [2.45, 2.75) is 0 Å². The van der Waals surface area contributed by atoms with Gasteiger partial charge in [-0.1, -0.05) is 72.8 Å². The van der Waals surface area contributed by atoms with Gasteiger partial charge in [0.1, 0.15) is 12.6 Å². The van der Waals surface area contributed by atoms with Crippen LogP contribution in [0.5, 0.6) is 0 Å². The van der Waals surface area contributed by atoms with Gasteiger partial charge in [0.15, 0.2) is 0 Å². The summed E-state index contributed by atoms with van der Waals surface area (Å²) in [7, 11) is 7.92. The fourth-order valence-corrected chi connectivity index (χ4v) is 8.47. The van der Waals surface area contributed by atoms with Gasteiger partial charge in [-0.25, -0.2) is 0 Å². The molecule has 4 aromatic rings. The van der Waals surface area contributed by atoms with Gasteiger partial charge >= 0.3 is 35.0 Å². The van der Waals surface area contributed by atoms with Crippen molar-refractivity contribution in [1.82, 2.24) is 5.32 Å². The molecule has 0 heterocycles. The molecule has 0 spiro atoms. The molecule has 0 bridgehead atoms. The zero-order valence-corrected chi connectivity index (χ0v) is 22.6. The van der Waals surface area contributed by atoms with E-state index in [0.717, 1.165) is 12.6 Å². The predicted octanol–water partition coefficient (Wildman–Crippen LogP) is 5.60. The summed E-state index contributed by atoms with van der Waals surface area (Å²) in [6, 6.07) is 43.9. The molecule has 4 rings (SSSR count). The molecule has 0 aliphatic carbocycles. The molecule has 6 heteroatoms. The molecular weight excluding hydrogens is 566 g/mol. The van der Waals surface area contributed by atoms with Crippen LogP contribution in [0, 0.1) is 0 Å². The van der Waals surface area contributed by atoms with E-state index in [1.54, 1.807) is 0 Å². The third kappa shape index (κ3) is 8.06. The second kappa shape index (κ2) is 15.0. The van der Waals surface area contributed by atoms with Gasteiger partial charge in [0.25, 0.3) is 0 Å². The van der Waals surface area contributed by atoms with Crippen molar-refractivity contribution in [3.8, 4) is 0 Å². The van der Waals surface area contributed by atoms with E-state index in [9.17, 15) is 0 Å². The van der Waals surface area contributed by atoms with Crippen LogP contribution in [0.25, 0.3) is 0 Å². The Kier molecular flexibility index (Phi) is 12.0. The molecule has 1 nitrogen and oxygen atoms in total. The summed E-state index contributed by atoms with van der Waals surface area (Å²) < 4.78 is 0. The number of rotatable bonds is 8. The van der Waals surface area contributed by atoms with E-state index in [1.165, 1.54) is 21.2 Å². The van der Waals surface area contributed by atoms with Crippen LogP contribution in [-0.4, -0.2) is 12.6 Å². The van der Waals surface area contributed by atoms with Crippen molar-refractivity contribution in [1.29, 1.82) is 0 Å². The van der Waals surface area contributed by atoms with Crippen molar-refractivity contribution < 1.29 is 15.9 Å². The van der Waals surface area contributed by atoms with Gasteiger partial charge in [0.05, 0.1) is 37.1 Å². The minimum atomic E-state index is -0.853. The summed E-state index contributed by atoms with van der Waals surface area (Å²) in [5.74, 6) is 0. The molecular formula is C26H27Cl2NP2Pd+2. The molecule has 168 valence electrons. The minimum absolute atomic E-state index is 0.106. The van der Waals surface area contributed by atoms with Crippen LogP contribution in [0.4, 0.5) is 0 Å². The van der Waals surface area contributed by atoms with E-state index in [0.29, 0.717) is 0 Å². The number of hydrogen-bond donors (Lipinski definition) is 1. The Bertz CT molecular complexity index is 847.